The number of carbonyl (C=O) groups is 1. The number of benzene rings is 1. The maximum Gasteiger partial charge on any atom is 0.271 e. The Morgan fingerprint density at radius 2 is 2.29 bits per heavy atom. The van der Waals surface area contributed by atoms with E-state index in [1.54, 1.807) is 0 Å². The molecule has 0 radical (unpaired) electrons. The molecule has 7 nitrogen and oxygen atoms in total. The predicted octanol–water partition coefficient (Wildman–Crippen LogP) is 1.88. The fraction of sp³-hybridized carbons (Fsp3) is 0.500. The molecule has 114 valence electrons. The number of amides is 1. The lowest BCUT2D eigenvalue weighted by molar-refractivity contribution is -0.384. The van der Waals surface area contributed by atoms with Crippen LogP contribution in [0.3, 0.4) is 0 Å². The van der Waals surface area contributed by atoms with Gasteiger partial charge in [0.15, 0.2) is 0 Å². The molecule has 1 saturated heterocycles. The molecular formula is C14H19N3O4. The van der Waals surface area contributed by atoms with Crippen LogP contribution in [0, 0.1) is 16.0 Å². The van der Waals surface area contributed by atoms with Crippen LogP contribution in [0.5, 0.6) is 5.75 Å². The van der Waals surface area contributed by atoms with Crippen molar-refractivity contribution in [2.75, 3.05) is 32.6 Å². The second kappa shape index (κ2) is 6.53. The van der Waals surface area contributed by atoms with Crippen LogP contribution in [0.4, 0.5) is 11.4 Å². The fourth-order valence-corrected chi connectivity index (χ4v) is 2.52. The lowest BCUT2D eigenvalue weighted by atomic mass is 9.97. The summed E-state index contributed by atoms with van der Waals surface area (Å²) in [5.74, 6) is 0.186. The SMILES string of the molecule is COc1ccc([N+](=O)[O-])cc1NC(=O)[C@@H]1CCCN(C)C1. The largest absolute Gasteiger partial charge is 0.495 e. The third-order valence-corrected chi connectivity index (χ3v) is 3.65. The van der Waals surface area contributed by atoms with Crippen LogP contribution in [0.15, 0.2) is 18.2 Å². The molecular weight excluding hydrogens is 274 g/mol. The molecule has 0 spiro atoms. The van der Waals surface area contributed by atoms with E-state index in [9.17, 15) is 14.9 Å². The average molecular weight is 293 g/mol. The first-order chi connectivity index (χ1) is 10.0. The van der Waals surface area contributed by atoms with Gasteiger partial charge < -0.3 is 15.0 Å². The Labute approximate surface area is 123 Å². The van der Waals surface area contributed by atoms with Crippen LogP contribution in [0.2, 0.25) is 0 Å². The Morgan fingerprint density at radius 3 is 2.90 bits per heavy atom. The summed E-state index contributed by atoms with van der Waals surface area (Å²) in [6.07, 6.45) is 1.80. The number of hydrogen-bond donors (Lipinski definition) is 1. The number of hydrogen-bond acceptors (Lipinski definition) is 5. The summed E-state index contributed by atoms with van der Waals surface area (Å²) < 4.78 is 5.14. The Balaban J connectivity index is 2.15. The summed E-state index contributed by atoms with van der Waals surface area (Å²) in [4.78, 5) is 24.7. The average Bonchev–Trinajstić information content (AvgIpc) is 2.47. The lowest BCUT2D eigenvalue weighted by Crippen LogP contribution is -2.38. The fourth-order valence-electron chi connectivity index (χ4n) is 2.52. The maximum absolute atomic E-state index is 12.3. The Bertz CT molecular complexity index is 547. The minimum Gasteiger partial charge on any atom is -0.495 e. The smallest absolute Gasteiger partial charge is 0.271 e. The zero-order valence-corrected chi connectivity index (χ0v) is 12.2. The minimum absolute atomic E-state index is 0.0770. The number of piperidine rings is 1. The zero-order valence-electron chi connectivity index (χ0n) is 12.2. The van der Waals surface area contributed by atoms with E-state index in [1.807, 2.05) is 7.05 Å². The van der Waals surface area contributed by atoms with Crippen LogP contribution >= 0.6 is 0 Å². The normalized spacial score (nSPS) is 19.0. The van der Waals surface area contributed by atoms with Gasteiger partial charge in [-0.2, -0.15) is 0 Å². The van der Waals surface area contributed by atoms with Gasteiger partial charge in [-0.1, -0.05) is 0 Å². The highest BCUT2D eigenvalue weighted by Gasteiger charge is 2.25. The summed E-state index contributed by atoms with van der Waals surface area (Å²) in [6, 6.07) is 4.16. The summed E-state index contributed by atoms with van der Waals surface area (Å²) in [5.41, 5.74) is 0.261. The van der Waals surface area contributed by atoms with Crippen LogP contribution in [0.1, 0.15) is 12.8 Å². The molecule has 0 bridgehead atoms. The Morgan fingerprint density at radius 1 is 1.52 bits per heavy atom. The van der Waals surface area contributed by atoms with Crippen molar-refractivity contribution >= 4 is 17.3 Å². The molecule has 1 fully saturated rings. The van der Waals surface area contributed by atoms with Gasteiger partial charge in [0.1, 0.15) is 5.75 Å². The maximum atomic E-state index is 12.3. The van der Waals surface area contributed by atoms with Gasteiger partial charge in [-0.3, -0.25) is 14.9 Å². The van der Waals surface area contributed by atoms with Gasteiger partial charge in [0.25, 0.3) is 5.69 Å². The molecule has 0 saturated carbocycles. The number of ether oxygens (including phenoxy) is 1. The highest BCUT2D eigenvalue weighted by molar-refractivity contribution is 5.94. The van der Waals surface area contributed by atoms with E-state index in [0.29, 0.717) is 18.0 Å². The second-order valence-electron chi connectivity index (χ2n) is 5.23. The zero-order chi connectivity index (χ0) is 15.4. The van der Waals surface area contributed by atoms with Crippen molar-refractivity contribution in [1.82, 2.24) is 4.90 Å². The number of nitro groups is 1. The van der Waals surface area contributed by atoms with Crippen LogP contribution in [-0.4, -0.2) is 43.0 Å². The quantitative estimate of drug-likeness (QED) is 0.677. The molecule has 1 aromatic carbocycles. The topological polar surface area (TPSA) is 84.7 Å². The second-order valence-corrected chi connectivity index (χ2v) is 5.23. The number of nitro benzene ring substituents is 1. The van der Waals surface area contributed by atoms with Gasteiger partial charge in [-0.05, 0) is 32.5 Å². The van der Waals surface area contributed by atoms with Crippen molar-refractivity contribution < 1.29 is 14.5 Å². The molecule has 0 aliphatic carbocycles. The number of likely N-dealkylation sites (tertiary alicyclic amines) is 1. The molecule has 0 aromatic heterocycles. The van der Waals surface area contributed by atoms with Crippen LogP contribution < -0.4 is 10.1 Å². The molecule has 2 rings (SSSR count). The molecule has 1 heterocycles. The third kappa shape index (κ3) is 3.69. The summed E-state index contributed by atoms with van der Waals surface area (Å²) >= 11 is 0. The van der Waals surface area contributed by atoms with Crippen molar-refractivity contribution in [3.63, 3.8) is 0 Å². The van der Waals surface area contributed by atoms with Crippen molar-refractivity contribution in [3.8, 4) is 5.75 Å². The molecule has 1 aliphatic heterocycles. The monoisotopic (exact) mass is 293 g/mol. The van der Waals surface area contributed by atoms with Crippen molar-refractivity contribution in [2.24, 2.45) is 5.92 Å². The molecule has 1 N–H and O–H groups in total. The van der Waals surface area contributed by atoms with Gasteiger partial charge in [0.2, 0.25) is 5.91 Å². The van der Waals surface area contributed by atoms with Crippen LogP contribution in [0.25, 0.3) is 0 Å². The predicted molar refractivity (Wildman–Crippen MR) is 78.5 cm³/mol. The van der Waals surface area contributed by atoms with E-state index in [-0.39, 0.29) is 17.5 Å². The van der Waals surface area contributed by atoms with Gasteiger partial charge in [-0.25, -0.2) is 0 Å². The number of nitrogens with zero attached hydrogens (tertiary/aromatic N) is 2. The van der Waals surface area contributed by atoms with Crippen molar-refractivity contribution in [2.45, 2.75) is 12.8 Å². The summed E-state index contributed by atoms with van der Waals surface area (Å²) in [6.45, 7) is 1.69. The number of methoxy groups -OCH3 is 1. The van der Waals surface area contributed by atoms with Crippen molar-refractivity contribution in [3.05, 3.63) is 28.3 Å². The molecule has 1 aliphatic rings. The minimum atomic E-state index is -0.497. The first kappa shape index (κ1) is 15.2. The van der Waals surface area contributed by atoms with Gasteiger partial charge >= 0.3 is 0 Å². The van der Waals surface area contributed by atoms with Crippen LogP contribution in [-0.2, 0) is 4.79 Å². The van der Waals surface area contributed by atoms with E-state index in [1.165, 1.54) is 25.3 Å². The first-order valence-corrected chi connectivity index (χ1v) is 6.83. The number of carbonyl (C=O) groups excluding carboxylic acids is 1. The molecule has 7 heteroatoms. The molecule has 1 aromatic rings. The van der Waals surface area contributed by atoms with E-state index >= 15 is 0 Å². The Kier molecular flexibility index (Phi) is 4.74. The third-order valence-electron chi connectivity index (χ3n) is 3.65. The first-order valence-electron chi connectivity index (χ1n) is 6.83. The number of non-ortho nitro benzene ring substituents is 1. The van der Waals surface area contributed by atoms with E-state index < -0.39 is 4.92 Å². The molecule has 1 atom stereocenters. The van der Waals surface area contributed by atoms with E-state index in [4.69, 9.17) is 4.74 Å². The summed E-state index contributed by atoms with van der Waals surface area (Å²) in [7, 11) is 3.44. The van der Waals surface area contributed by atoms with Gasteiger partial charge in [0, 0.05) is 18.7 Å². The lowest BCUT2D eigenvalue weighted by Gasteiger charge is -2.28. The van der Waals surface area contributed by atoms with E-state index in [2.05, 4.69) is 10.2 Å². The highest BCUT2D eigenvalue weighted by atomic mass is 16.6. The standard InChI is InChI=1S/C14H19N3O4/c1-16-7-3-4-10(9-16)14(18)15-12-8-11(17(19)20)5-6-13(12)21-2/h5-6,8,10H,3-4,7,9H2,1-2H3,(H,15,18)/t10-/m1/s1. The van der Waals surface area contributed by atoms with Gasteiger partial charge in [0.05, 0.1) is 23.6 Å². The number of rotatable bonds is 4. The molecule has 0 unspecified atom stereocenters. The summed E-state index contributed by atoms with van der Waals surface area (Å²) in [5, 5.41) is 13.6. The van der Waals surface area contributed by atoms with E-state index in [0.717, 1.165) is 19.4 Å². The molecule has 21 heavy (non-hydrogen) atoms. The van der Waals surface area contributed by atoms with Crippen molar-refractivity contribution in [1.29, 1.82) is 0 Å². The Hall–Kier alpha value is -2.15. The van der Waals surface area contributed by atoms with Gasteiger partial charge in [-0.15, -0.1) is 0 Å². The molecule has 1 amide bonds. The highest BCUT2D eigenvalue weighted by Crippen LogP contribution is 2.29. The number of nitrogens with one attached hydrogen (secondary N) is 1. The number of anilines is 1.